The molecular weight excluding hydrogens is 302 g/mol. The van der Waals surface area contributed by atoms with Crippen molar-refractivity contribution >= 4 is 39.1 Å². The van der Waals surface area contributed by atoms with Crippen molar-refractivity contribution in [3.63, 3.8) is 0 Å². The first-order valence-corrected chi connectivity index (χ1v) is 6.51. The van der Waals surface area contributed by atoms with E-state index in [1.807, 2.05) is 25.1 Å². The molecule has 1 aromatic heterocycles. The monoisotopic (exact) mass is 311 g/mol. The van der Waals surface area contributed by atoms with Gasteiger partial charge in [0.1, 0.15) is 4.88 Å². The normalized spacial score (nSPS) is 10.3. The van der Waals surface area contributed by atoms with E-state index >= 15 is 0 Å². The lowest BCUT2D eigenvalue weighted by atomic mass is 10.2. The molecule has 0 bridgehead atoms. The Morgan fingerprint density at radius 1 is 1.41 bits per heavy atom. The summed E-state index contributed by atoms with van der Waals surface area (Å²) < 4.78 is 4.64. The molecule has 0 radical (unpaired) electrons. The highest BCUT2D eigenvalue weighted by Gasteiger charge is 2.14. The second-order valence-corrected chi connectivity index (χ2v) is 5.13. The Hall–Kier alpha value is -1.27. The third kappa shape index (κ3) is 2.53. The number of aromatic nitrogens is 2. The molecule has 0 atom stereocenters. The number of carbonyl (C=O) groups excluding carboxylic acids is 1. The first-order chi connectivity index (χ1) is 8.09. The fraction of sp³-hybridized carbons (Fsp3) is 0.182. The van der Waals surface area contributed by atoms with Gasteiger partial charge in [0, 0.05) is 4.47 Å². The van der Waals surface area contributed by atoms with Crippen LogP contribution in [0.25, 0.3) is 0 Å². The minimum atomic E-state index is -0.177. The van der Waals surface area contributed by atoms with Gasteiger partial charge in [0.15, 0.2) is 0 Å². The van der Waals surface area contributed by atoms with E-state index in [4.69, 9.17) is 0 Å². The number of hydrogen-bond acceptors (Lipinski definition) is 4. The van der Waals surface area contributed by atoms with Crippen molar-refractivity contribution in [3.05, 3.63) is 38.8 Å². The van der Waals surface area contributed by atoms with E-state index in [-0.39, 0.29) is 5.91 Å². The quantitative estimate of drug-likeness (QED) is 0.926. The molecule has 88 valence electrons. The first kappa shape index (κ1) is 12.2. The summed E-state index contributed by atoms with van der Waals surface area (Å²) in [7, 11) is 0. The van der Waals surface area contributed by atoms with Crippen LogP contribution in [0, 0.1) is 13.8 Å². The largest absolute Gasteiger partial charge is 0.320 e. The third-order valence-corrected chi connectivity index (χ3v) is 4.18. The highest BCUT2D eigenvalue weighted by Crippen LogP contribution is 2.26. The van der Waals surface area contributed by atoms with Crippen LogP contribution in [0.1, 0.15) is 20.9 Å². The van der Waals surface area contributed by atoms with Gasteiger partial charge in [-0.1, -0.05) is 16.6 Å². The van der Waals surface area contributed by atoms with Crippen LogP contribution in [-0.4, -0.2) is 15.5 Å². The standard InChI is InChI=1S/C11H10BrN3OS/c1-6-4-3-5-8(9(6)12)13-11(16)10-7(2)14-15-17-10/h3-5H,1-2H3,(H,13,16). The molecule has 0 fully saturated rings. The number of halogens is 1. The summed E-state index contributed by atoms with van der Waals surface area (Å²) in [6, 6.07) is 5.71. The molecule has 0 unspecified atom stereocenters. The summed E-state index contributed by atoms with van der Waals surface area (Å²) in [6.45, 7) is 3.74. The van der Waals surface area contributed by atoms with Gasteiger partial charge in [0.25, 0.3) is 5.91 Å². The number of nitrogens with one attached hydrogen (secondary N) is 1. The van der Waals surface area contributed by atoms with Gasteiger partial charge in [-0.2, -0.15) is 0 Å². The second-order valence-electron chi connectivity index (χ2n) is 3.58. The molecule has 1 aromatic carbocycles. The topological polar surface area (TPSA) is 54.9 Å². The summed E-state index contributed by atoms with van der Waals surface area (Å²) >= 11 is 4.55. The maximum Gasteiger partial charge on any atom is 0.269 e. The molecule has 0 aliphatic heterocycles. The van der Waals surface area contributed by atoms with Crippen LogP contribution in [0.15, 0.2) is 22.7 Å². The van der Waals surface area contributed by atoms with Gasteiger partial charge in [0.05, 0.1) is 11.4 Å². The Balaban J connectivity index is 2.25. The minimum Gasteiger partial charge on any atom is -0.320 e. The molecule has 1 heterocycles. The maximum atomic E-state index is 12.0. The summed E-state index contributed by atoms with van der Waals surface area (Å²) in [5.74, 6) is -0.177. The Labute approximate surface area is 111 Å². The van der Waals surface area contributed by atoms with Gasteiger partial charge in [-0.05, 0) is 52.9 Å². The van der Waals surface area contributed by atoms with Gasteiger partial charge >= 0.3 is 0 Å². The molecule has 2 aromatic rings. The van der Waals surface area contributed by atoms with E-state index in [1.54, 1.807) is 6.92 Å². The van der Waals surface area contributed by atoms with Gasteiger partial charge in [0.2, 0.25) is 0 Å². The highest BCUT2D eigenvalue weighted by atomic mass is 79.9. The van der Waals surface area contributed by atoms with Crippen molar-refractivity contribution in [2.75, 3.05) is 5.32 Å². The Morgan fingerprint density at radius 3 is 2.82 bits per heavy atom. The molecular formula is C11H10BrN3OS. The van der Waals surface area contributed by atoms with Crippen LogP contribution in [0.4, 0.5) is 5.69 Å². The van der Waals surface area contributed by atoms with Crippen molar-refractivity contribution < 1.29 is 4.79 Å². The number of benzene rings is 1. The fourth-order valence-electron chi connectivity index (χ4n) is 1.36. The number of aryl methyl sites for hydroxylation is 2. The fourth-order valence-corrected chi connectivity index (χ4v) is 2.28. The van der Waals surface area contributed by atoms with E-state index in [1.165, 1.54) is 0 Å². The highest BCUT2D eigenvalue weighted by molar-refractivity contribution is 9.10. The lowest BCUT2D eigenvalue weighted by Gasteiger charge is -2.07. The van der Waals surface area contributed by atoms with Crippen molar-refractivity contribution in [1.82, 2.24) is 9.59 Å². The number of carbonyl (C=O) groups is 1. The zero-order valence-electron chi connectivity index (χ0n) is 9.32. The maximum absolute atomic E-state index is 12.0. The van der Waals surface area contributed by atoms with Gasteiger partial charge < -0.3 is 5.32 Å². The average Bonchev–Trinajstić information content (AvgIpc) is 2.71. The summed E-state index contributed by atoms with van der Waals surface area (Å²) in [5, 5.41) is 6.65. The van der Waals surface area contributed by atoms with Gasteiger partial charge in [-0.15, -0.1) is 5.10 Å². The van der Waals surface area contributed by atoms with Crippen LogP contribution in [-0.2, 0) is 0 Å². The van der Waals surface area contributed by atoms with Gasteiger partial charge in [-0.3, -0.25) is 4.79 Å². The molecule has 0 aliphatic carbocycles. The van der Waals surface area contributed by atoms with Crippen molar-refractivity contribution in [2.45, 2.75) is 13.8 Å². The molecule has 6 heteroatoms. The van der Waals surface area contributed by atoms with Crippen LogP contribution < -0.4 is 5.32 Å². The van der Waals surface area contributed by atoms with Crippen molar-refractivity contribution in [3.8, 4) is 0 Å². The summed E-state index contributed by atoms with van der Waals surface area (Å²) in [6.07, 6.45) is 0. The second kappa shape index (κ2) is 4.93. The van der Waals surface area contributed by atoms with E-state index in [2.05, 4.69) is 30.8 Å². The van der Waals surface area contributed by atoms with Crippen molar-refractivity contribution in [2.24, 2.45) is 0 Å². The van der Waals surface area contributed by atoms with E-state index in [9.17, 15) is 4.79 Å². The summed E-state index contributed by atoms with van der Waals surface area (Å²) in [4.78, 5) is 12.5. The lowest BCUT2D eigenvalue weighted by Crippen LogP contribution is -2.12. The molecule has 1 amide bonds. The minimum absolute atomic E-state index is 0.177. The number of anilines is 1. The van der Waals surface area contributed by atoms with E-state index < -0.39 is 0 Å². The van der Waals surface area contributed by atoms with Crippen LogP contribution in [0.3, 0.4) is 0 Å². The Kier molecular flexibility index (Phi) is 3.54. The molecule has 0 aliphatic rings. The average molecular weight is 312 g/mol. The zero-order chi connectivity index (χ0) is 12.4. The van der Waals surface area contributed by atoms with Gasteiger partial charge in [-0.25, -0.2) is 0 Å². The number of rotatable bonds is 2. The molecule has 0 saturated carbocycles. The number of hydrogen-bond donors (Lipinski definition) is 1. The predicted molar refractivity (Wildman–Crippen MR) is 71.5 cm³/mol. The zero-order valence-corrected chi connectivity index (χ0v) is 11.7. The Bertz CT molecular complexity index is 568. The molecule has 4 nitrogen and oxygen atoms in total. The van der Waals surface area contributed by atoms with Crippen molar-refractivity contribution in [1.29, 1.82) is 0 Å². The molecule has 1 N–H and O–H groups in total. The van der Waals surface area contributed by atoms with Crippen LogP contribution >= 0.6 is 27.5 Å². The smallest absolute Gasteiger partial charge is 0.269 e. The first-order valence-electron chi connectivity index (χ1n) is 4.95. The van der Waals surface area contributed by atoms with E-state index in [0.29, 0.717) is 10.6 Å². The third-order valence-electron chi connectivity index (χ3n) is 2.30. The lowest BCUT2D eigenvalue weighted by molar-refractivity contribution is 0.103. The molecule has 17 heavy (non-hydrogen) atoms. The SMILES string of the molecule is Cc1cccc(NC(=O)c2snnc2C)c1Br. The van der Waals surface area contributed by atoms with Crippen LogP contribution in [0.2, 0.25) is 0 Å². The van der Waals surface area contributed by atoms with Crippen LogP contribution in [0.5, 0.6) is 0 Å². The predicted octanol–water partition coefficient (Wildman–Crippen LogP) is 3.17. The number of amides is 1. The van der Waals surface area contributed by atoms with E-state index in [0.717, 1.165) is 27.3 Å². The molecule has 0 saturated heterocycles. The number of nitrogens with zero attached hydrogens (tertiary/aromatic N) is 2. The molecule has 0 spiro atoms. The Morgan fingerprint density at radius 2 is 2.18 bits per heavy atom. The molecule has 2 rings (SSSR count). The summed E-state index contributed by atoms with van der Waals surface area (Å²) in [5.41, 5.74) is 2.47.